The SMILES string of the molecule is OCc1ccc(Oc2ccc(F)c(F)c2)c(C(F)(F)F)c1. The smallest absolute Gasteiger partial charge is 0.419 e. The highest BCUT2D eigenvalue weighted by Crippen LogP contribution is 2.38. The number of alkyl halides is 3. The predicted molar refractivity (Wildman–Crippen MR) is 63.8 cm³/mol. The first-order valence-electron chi connectivity index (χ1n) is 5.75. The summed E-state index contributed by atoms with van der Waals surface area (Å²) >= 11 is 0. The Kier molecular flexibility index (Phi) is 4.13. The van der Waals surface area contributed by atoms with Crippen LogP contribution in [0.4, 0.5) is 22.0 Å². The van der Waals surface area contributed by atoms with Gasteiger partial charge < -0.3 is 9.84 Å². The van der Waals surface area contributed by atoms with E-state index >= 15 is 0 Å². The second-order valence-electron chi connectivity index (χ2n) is 4.16. The molecule has 0 radical (unpaired) electrons. The summed E-state index contributed by atoms with van der Waals surface area (Å²) in [6, 6.07) is 5.39. The molecule has 0 heterocycles. The first-order chi connectivity index (χ1) is 9.81. The van der Waals surface area contributed by atoms with E-state index in [0.717, 1.165) is 24.3 Å². The van der Waals surface area contributed by atoms with Crippen LogP contribution in [0.15, 0.2) is 36.4 Å². The molecule has 0 spiro atoms. The van der Waals surface area contributed by atoms with Crippen LogP contribution in [0, 0.1) is 11.6 Å². The Morgan fingerprint density at radius 1 is 0.952 bits per heavy atom. The summed E-state index contributed by atoms with van der Waals surface area (Å²) < 4.78 is 69.5. The van der Waals surface area contributed by atoms with Gasteiger partial charge in [-0.1, -0.05) is 6.07 Å². The number of benzene rings is 2. The topological polar surface area (TPSA) is 29.5 Å². The van der Waals surface area contributed by atoms with E-state index in [1.807, 2.05) is 0 Å². The van der Waals surface area contributed by atoms with Crippen LogP contribution in [0.25, 0.3) is 0 Å². The Morgan fingerprint density at radius 2 is 1.67 bits per heavy atom. The predicted octanol–water partition coefficient (Wildman–Crippen LogP) is 4.27. The second-order valence-corrected chi connectivity index (χ2v) is 4.16. The number of aliphatic hydroxyl groups excluding tert-OH is 1. The Hall–Kier alpha value is -2.15. The van der Waals surface area contributed by atoms with Crippen LogP contribution in [0.1, 0.15) is 11.1 Å². The van der Waals surface area contributed by atoms with E-state index in [0.29, 0.717) is 6.07 Å². The molecule has 0 saturated heterocycles. The third-order valence-electron chi connectivity index (χ3n) is 2.65. The van der Waals surface area contributed by atoms with Crippen molar-refractivity contribution in [3.05, 3.63) is 59.2 Å². The minimum atomic E-state index is -4.71. The van der Waals surface area contributed by atoms with Gasteiger partial charge in [0.1, 0.15) is 11.5 Å². The van der Waals surface area contributed by atoms with Crippen molar-refractivity contribution in [2.75, 3.05) is 0 Å². The summed E-state index contributed by atoms with van der Waals surface area (Å²) in [5, 5.41) is 8.88. The number of rotatable bonds is 3. The molecule has 21 heavy (non-hydrogen) atoms. The molecule has 112 valence electrons. The maximum absolute atomic E-state index is 13.0. The lowest BCUT2D eigenvalue weighted by molar-refractivity contribution is -0.138. The highest BCUT2D eigenvalue weighted by molar-refractivity contribution is 5.42. The molecule has 0 aliphatic heterocycles. The molecule has 0 atom stereocenters. The molecule has 0 fully saturated rings. The fourth-order valence-corrected chi connectivity index (χ4v) is 1.65. The van der Waals surface area contributed by atoms with E-state index in [1.165, 1.54) is 6.07 Å². The molecule has 2 aromatic carbocycles. The van der Waals surface area contributed by atoms with Crippen molar-refractivity contribution in [2.45, 2.75) is 12.8 Å². The van der Waals surface area contributed by atoms with Crippen LogP contribution in [0.5, 0.6) is 11.5 Å². The minimum absolute atomic E-state index is 0.0555. The number of aliphatic hydroxyl groups is 1. The zero-order valence-electron chi connectivity index (χ0n) is 10.4. The largest absolute Gasteiger partial charge is 0.457 e. The molecule has 0 amide bonds. The van der Waals surface area contributed by atoms with Gasteiger partial charge in [-0.05, 0) is 29.8 Å². The third kappa shape index (κ3) is 3.49. The number of halogens is 5. The first kappa shape index (κ1) is 15.2. The maximum atomic E-state index is 13.0. The number of hydrogen-bond acceptors (Lipinski definition) is 2. The molecule has 2 nitrogen and oxygen atoms in total. The molecular formula is C14H9F5O2. The molecule has 1 N–H and O–H groups in total. The Balaban J connectivity index is 2.41. The lowest BCUT2D eigenvalue weighted by Crippen LogP contribution is -2.08. The van der Waals surface area contributed by atoms with E-state index in [-0.39, 0.29) is 11.3 Å². The minimum Gasteiger partial charge on any atom is -0.457 e. The Labute approximate surface area is 116 Å². The average molecular weight is 304 g/mol. The molecule has 2 aromatic rings. The molecule has 0 aliphatic rings. The lowest BCUT2D eigenvalue weighted by Gasteiger charge is -2.14. The first-order valence-corrected chi connectivity index (χ1v) is 5.75. The molecule has 0 aromatic heterocycles. The van der Waals surface area contributed by atoms with Gasteiger partial charge in [0, 0.05) is 6.07 Å². The zero-order chi connectivity index (χ0) is 15.6. The highest BCUT2D eigenvalue weighted by Gasteiger charge is 2.34. The van der Waals surface area contributed by atoms with E-state index in [2.05, 4.69) is 0 Å². The van der Waals surface area contributed by atoms with E-state index in [1.54, 1.807) is 0 Å². The Bertz CT molecular complexity index is 652. The highest BCUT2D eigenvalue weighted by atomic mass is 19.4. The van der Waals surface area contributed by atoms with Gasteiger partial charge in [-0.15, -0.1) is 0 Å². The van der Waals surface area contributed by atoms with Crippen molar-refractivity contribution < 1.29 is 31.8 Å². The fraction of sp³-hybridized carbons (Fsp3) is 0.143. The average Bonchev–Trinajstić information content (AvgIpc) is 2.42. The van der Waals surface area contributed by atoms with Crippen LogP contribution in [0.2, 0.25) is 0 Å². The van der Waals surface area contributed by atoms with Crippen LogP contribution in [-0.4, -0.2) is 5.11 Å². The van der Waals surface area contributed by atoms with E-state index in [9.17, 15) is 22.0 Å². The van der Waals surface area contributed by atoms with Gasteiger partial charge in [0.25, 0.3) is 0 Å². The van der Waals surface area contributed by atoms with E-state index in [4.69, 9.17) is 9.84 Å². The van der Waals surface area contributed by atoms with Gasteiger partial charge in [-0.25, -0.2) is 8.78 Å². The maximum Gasteiger partial charge on any atom is 0.419 e. The van der Waals surface area contributed by atoms with Crippen molar-refractivity contribution in [1.82, 2.24) is 0 Å². The quantitative estimate of drug-likeness (QED) is 0.858. The van der Waals surface area contributed by atoms with Crippen molar-refractivity contribution >= 4 is 0 Å². The van der Waals surface area contributed by atoms with Gasteiger partial charge in [-0.2, -0.15) is 13.2 Å². The molecule has 7 heteroatoms. The molecule has 0 unspecified atom stereocenters. The summed E-state index contributed by atoms with van der Waals surface area (Å²) in [7, 11) is 0. The van der Waals surface area contributed by atoms with Crippen molar-refractivity contribution in [3.8, 4) is 11.5 Å². The summed E-state index contributed by atoms with van der Waals surface area (Å²) in [6.45, 7) is -0.561. The molecular weight excluding hydrogens is 295 g/mol. The van der Waals surface area contributed by atoms with Gasteiger partial charge in [0.2, 0.25) is 0 Å². The molecule has 0 aliphatic carbocycles. The molecule has 2 rings (SSSR count). The summed E-state index contributed by atoms with van der Waals surface area (Å²) in [4.78, 5) is 0. The van der Waals surface area contributed by atoms with Crippen LogP contribution < -0.4 is 4.74 Å². The summed E-state index contributed by atoms with van der Waals surface area (Å²) in [5.74, 6) is -3.19. The number of ether oxygens (including phenoxy) is 1. The zero-order valence-corrected chi connectivity index (χ0v) is 10.4. The summed E-state index contributed by atoms with van der Waals surface area (Å²) in [6.07, 6.45) is -4.71. The fourth-order valence-electron chi connectivity index (χ4n) is 1.65. The monoisotopic (exact) mass is 304 g/mol. The van der Waals surface area contributed by atoms with Crippen LogP contribution >= 0.6 is 0 Å². The second kappa shape index (κ2) is 5.69. The van der Waals surface area contributed by atoms with Gasteiger partial charge in [0.15, 0.2) is 11.6 Å². The van der Waals surface area contributed by atoms with Crippen molar-refractivity contribution in [2.24, 2.45) is 0 Å². The van der Waals surface area contributed by atoms with E-state index < -0.39 is 35.7 Å². The van der Waals surface area contributed by atoms with Crippen molar-refractivity contribution in [3.63, 3.8) is 0 Å². The normalized spacial score (nSPS) is 11.5. The molecule has 0 saturated carbocycles. The van der Waals surface area contributed by atoms with Crippen molar-refractivity contribution in [1.29, 1.82) is 0 Å². The third-order valence-corrected chi connectivity index (χ3v) is 2.65. The van der Waals surface area contributed by atoms with Gasteiger partial charge in [-0.3, -0.25) is 0 Å². The number of hydrogen-bond donors (Lipinski definition) is 1. The lowest BCUT2D eigenvalue weighted by atomic mass is 10.1. The molecule has 0 bridgehead atoms. The van der Waals surface area contributed by atoms with Crippen LogP contribution in [-0.2, 0) is 12.8 Å². The van der Waals surface area contributed by atoms with Gasteiger partial charge in [0.05, 0.1) is 12.2 Å². The Morgan fingerprint density at radius 3 is 2.24 bits per heavy atom. The standard InChI is InChI=1S/C14H9F5O2/c15-11-3-2-9(6-12(11)16)21-13-4-1-8(7-20)5-10(13)14(17,18)19/h1-6,20H,7H2. The van der Waals surface area contributed by atoms with Crippen LogP contribution in [0.3, 0.4) is 0 Å². The van der Waals surface area contributed by atoms with Gasteiger partial charge >= 0.3 is 6.18 Å². The summed E-state index contributed by atoms with van der Waals surface area (Å²) in [5.41, 5.74) is -1.06.